The average Bonchev–Trinajstić information content (AvgIpc) is 3.57. The molecule has 214 valence electrons. The summed E-state index contributed by atoms with van der Waals surface area (Å²) >= 11 is 0. The normalized spacial score (nSPS) is 21.3. The van der Waals surface area contributed by atoms with E-state index in [4.69, 9.17) is 0 Å². The van der Waals surface area contributed by atoms with E-state index in [1.165, 1.54) is 30.1 Å². The van der Waals surface area contributed by atoms with Crippen LogP contribution in [0.15, 0.2) is 60.0 Å². The highest BCUT2D eigenvalue weighted by atomic mass is 32.2. The average molecular weight is 590 g/mol. The predicted molar refractivity (Wildman–Crippen MR) is 135 cm³/mol. The van der Waals surface area contributed by atoms with Crippen molar-refractivity contribution in [2.24, 2.45) is 18.4 Å². The van der Waals surface area contributed by atoms with E-state index in [0.717, 1.165) is 22.3 Å². The van der Waals surface area contributed by atoms with E-state index in [1.807, 2.05) is 0 Å². The van der Waals surface area contributed by atoms with Crippen molar-refractivity contribution in [3.05, 3.63) is 83.3 Å². The van der Waals surface area contributed by atoms with Crippen molar-refractivity contribution in [3.8, 4) is 5.69 Å². The van der Waals surface area contributed by atoms with E-state index in [-0.39, 0.29) is 31.0 Å². The maximum atomic E-state index is 14.2. The number of pyridine rings is 1. The standard InChI is InChI=1S/C26H23F4N7O3S/c1-35-14-23(33-34-35)41(39,40)36-9-7-17-11-22-16(13-32-37(22)20-4-2-19(27)3-5-20)12-25(17,15-36)24(38)21-10-18(6-8-31-21)26(28,29)30/h2-6,8,10,13-14,17H,7,9,11-12,15H2,1H3. The maximum Gasteiger partial charge on any atom is 0.416 e. The van der Waals surface area contributed by atoms with Crippen molar-refractivity contribution < 1.29 is 30.8 Å². The fourth-order valence-electron chi connectivity index (χ4n) is 5.85. The van der Waals surface area contributed by atoms with Gasteiger partial charge in [-0.25, -0.2) is 17.5 Å². The van der Waals surface area contributed by atoms with Gasteiger partial charge < -0.3 is 0 Å². The number of fused-ring (bicyclic) bond motifs is 2. The first kappa shape index (κ1) is 27.2. The van der Waals surface area contributed by atoms with Crippen LogP contribution in [-0.2, 0) is 36.1 Å². The molecule has 0 bridgehead atoms. The molecule has 0 amide bonds. The van der Waals surface area contributed by atoms with Crippen molar-refractivity contribution in [1.82, 2.24) is 34.1 Å². The molecular weight excluding hydrogens is 566 g/mol. The third kappa shape index (κ3) is 4.62. The number of aryl methyl sites for hydroxylation is 1. The molecule has 1 fully saturated rings. The molecular formula is C26H23F4N7O3S. The zero-order valence-corrected chi connectivity index (χ0v) is 22.4. The molecule has 1 aromatic carbocycles. The summed E-state index contributed by atoms with van der Waals surface area (Å²) in [6.45, 7) is -0.219. The number of carbonyl (C=O) groups is 1. The van der Waals surface area contributed by atoms with Crippen LogP contribution in [0.3, 0.4) is 0 Å². The van der Waals surface area contributed by atoms with Gasteiger partial charge in [0, 0.05) is 32.0 Å². The Morgan fingerprint density at radius 3 is 2.59 bits per heavy atom. The van der Waals surface area contributed by atoms with Crippen molar-refractivity contribution in [1.29, 1.82) is 0 Å². The molecule has 10 nitrogen and oxygen atoms in total. The molecule has 2 aliphatic rings. The largest absolute Gasteiger partial charge is 0.416 e. The minimum absolute atomic E-state index is 0.0252. The number of alkyl halides is 3. The summed E-state index contributed by atoms with van der Waals surface area (Å²) in [7, 11) is -2.65. The first-order valence-corrected chi connectivity index (χ1v) is 14.1. The molecule has 2 atom stereocenters. The van der Waals surface area contributed by atoms with Gasteiger partial charge in [-0.2, -0.15) is 22.6 Å². The van der Waals surface area contributed by atoms with Crippen LogP contribution < -0.4 is 0 Å². The lowest BCUT2D eigenvalue weighted by atomic mass is 9.60. The molecule has 4 aromatic rings. The van der Waals surface area contributed by atoms with Gasteiger partial charge in [0.25, 0.3) is 10.0 Å². The summed E-state index contributed by atoms with van der Waals surface area (Å²) in [5.74, 6) is -1.53. The smallest absolute Gasteiger partial charge is 0.292 e. The SMILES string of the molecule is Cn1cc(S(=O)(=O)N2CCC3Cc4c(cnn4-c4ccc(F)cc4)CC3(C(=O)c3cc(C(F)(F)F)ccn3)C2)nn1. The molecule has 2 unspecified atom stereocenters. The van der Waals surface area contributed by atoms with E-state index in [1.54, 1.807) is 23.0 Å². The fourth-order valence-corrected chi connectivity index (χ4v) is 7.29. The van der Waals surface area contributed by atoms with Gasteiger partial charge in [0.05, 0.1) is 29.1 Å². The molecule has 0 saturated carbocycles. The molecule has 41 heavy (non-hydrogen) atoms. The van der Waals surface area contributed by atoms with Gasteiger partial charge in [0.15, 0.2) is 5.78 Å². The molecule has 0 spiro atoms. The van der Waals surface area contributed by atoms with Crippen molar-refractivity contribution in [2.75, 3.05) is 13.1 Å². The first-order chi connectivity index (χ1) is 19.4. The Labute approximate surface area is 231 Å². The predicted octanol–water partition coefficient (Wildman–Crippen LogP) is 3.23. The van der Waals surface area contributed by atoms with Crippen LogP contribution in [0.5, 0.6) is 0 Å². The molecule has 0 N–H and O–H groups in total. The topological polar surface area (TPSA) is 116 Å². The molecule has 15 heteroatoms. The van der Waals surface area contributed by atoms with Gasteiger partial charge in [-0.1, -0.05) is 5.21 Å². The number of hydrogen-bond donors (Lipinski definition) is 0. The quantitative estimate of drug-likeness (QED) is 0.259. The summed E-state index contributed by atoms with van der Waals surface area (Å²) in [5, 5.41) is 11.6. The number of Topliss-reactive ketones (excluding diaryl/α,β-unsaturated/α-hetero) is 1. The lowest BCUT2D eigenvalue weighted by Crippen LogP contribution is -2.57. The third-order valence-electron chi connectivity index (χ3n) is 7.90. The van der Waals surface area contributed by atoms with E-state index in [2.05, 4.69) is 20.4 Å². The Morgan fingerprint density at radius 1 is 1.15 bits per heavy atom. The van der Waals surface area contributed by atoms with Gasteiger partial charge in [0.1, 0.15) is 11.5 Å². The highest BCUT2D eigenvalue weighted by molar-refractivity contribution is 7.89. The molecule has 4 heterocycles. The summed E-state index contributed by atoms with van der Waals surface area (Å²) in [4.78, 5) is 18.2. The third-order valence-corrected chi connectivity index (χ3v) is 9.60. The maximum absolute atomic E-state index is 14.2. The number of rotatable bonds is 5. The van der Waals surface area contributed by atoms with Crippen LogP contribution in [0.1, 0.15) is 33.7 Å². The van der Waals surface area contributed by atoms with Gasteiger partial charge in [0.2, 0.25) is 5.03 Å². The van der Waals surface area contributed by atoms with E-state index < -0.39 is 50.4 Å². The molecule has 1 saturated heterocycles. The highest BCUT2D eigenvalue weighted by Gasteiger charge is 2.55. The van der Waals surface area contributed by atoms with Gasteiger partial charge in [-0.05, 0) is 67.1 Å². The van der Waals surface area contributed by atoms with Gasteiger partial charge >= 0.3 is 6.18 Å². The lowest BCUT2D eigenvalue weighted by Gasteiger charge is -2.48. The number of sulfonamides is 1. The van der Waals surface area contributed by atoms with Crippen LogP contribution in [0.4, 0.5) is 17.6 Å². The molecule has 6 rings (SSSR count). The monoisotopic (exact) mass is 589 g/mol. The molecule has 1 aliphatic carbocycles. The Kier molecular flexibility index (Phi) is 6.33. The van der Waals surface area contributed by atoms with Crippen molar-refractivity contribution >= 4 is 15.8 Å². The fraction of sp³-hybridized carbons (Fsp3) is 0.346. The zero-order valence-electron chi connectivity index (χ0n) is 21.6. The van der Waals surface area contributed by atoms with Crippen LogP contribution in [-0.4, -0.2) is 61.4 Å². The zero-order chi connectivity index (χ0) is 29.2. The molecule has 1 aliphatic heterocycles. The Hall–Kier alpha value is -3.98. The van der Waals surface area contributed by atoms with Crippen LogP contribution in [0.2, 0.25) is 0 Å². The minimum Gasteiger partial charge on any atom is -0.292 e. The Bertz CT molecular complexity index is 1750. The Balaban J connectivity index is 1.44. The van der Waals surface area contributed by atoms with Crippen molar-refractivity contribution in [2.45, 2.75) is 30.5 Å². The molecule has 3 aromatic heterocycles. The van der Waals surface area contributed by atoms with E-state index in [0.29, 0.717) is 23.7 Å². The summed E-state index contributed by atoms with van der Waals surface area (Å²) in [6.07, 6.45) is -0.389. The first-order valence-electron chi connectivity index (χ1n) is 12.6. The number of halogens is 4. The minimum atomic E-state index is -4.70. The number of carbonyl (C=O) groups excluding carboxylic acids is 1. The summed E-state index contributed by atoms with van der Waals surface area (Å²) < 4.78 is 85.2. The van der Waals surface area contributed by atoms with Crippen LogP contribution >= 0.6 is 0 Å². The number of piperidine rings is 1. The number of benzene rings is 1. The second-order valence-corrected chi connectivity index (χ2v) is 12.2. The second-order valence-electron chi connectivity index (χ2n) is 10.4. The lowest BCUT2D eigenvalue weighted by molar-refractivity contribution is -0.137. The second kappa shape index (κ2) is 9.55. The molecule has 0 radical (unpaired) electrons. The van der Waals surface area contributed by atoms with Crippen LogP contribution in [0, 0.1) is 17.2 Å². The number of nitrogens with zero attached hydrogens (tertiary/aromatic N) is 7. The number of hydrogen-bond acceptors (Lipinski definition) is 7. The van der Waals surface area contributed by atoms with E-state index in [9.17, 15) is 30.8 Å². The number of aromatic nitrogens is 6. The highest BCUT2D eigenvalue weighted by Crippen LogP contribution is 2.48. The number of ketones is 1. The van der Waals surface area contributed by atoms with Gasteiger partial charge in [-0.15, -0.1) is 5.10 Å². The van der Waals surface area contributed by atoms with Gasteiger partial charge in [-0.3, -0.25) is 14.5 Å². The van der Waals surface area contributed by atoms with E-state index >= 15 is 0 Å². The van der Waals surface area contributed by atoms with Crippen molar-refractivity contribution in [3.63, 3.8) is 0 Å². The Morgan fingerprint density at radius 2 is 1.90 bits per heavy atom. The summed E-state index contributed by atoms with van der Waals surface area (Å²) in [6, 6.07) is 7.23. The van der Waals surface area contributed by atoms with Crippen LogP contribution in [0.25, 0.3) is 5.69 Å². The summed E-state index contributed by atoms with van der Waals surface area (Å²) in [5.41, 5.74) is -0.818.